The fourth-order valence-electron chi connectivity index (χ4n) is 2.37. The maximum Gasteiger partial charge on any atom is 0.410 e. The number of rotatable bonds is 2. The summed E-state index contributed by atoms with van der Waals surface area (Å²) in [6.07, 6.45) is 3.24. The number of amides is 1. The van der Waals surface area contributed by atoms with Crippen molar-refractivity contribution in [3.63, 3.8) is 0 Å². The second kappa shape index (κ2) is 6.25. The molecular weight excluding hydrogens is 338 g/mol. The van der Waals surface area contributed by atoms with Crippen molar-refractivity contribution in [2.45, 2.75) is 45.3 Å². The molecule has 0 radical (unpaired) electrons. The molecule has 118 valence electrons. The molecule has 1 aromatic heterocycles. The zero-order valence-corrected chi connectivity index (χ0v) is 14.5. The highest BCUT2D eigenvalue weighted by molar-refractivity contribution is 9.10. The van der Waals surface area contributed by atoms with Crippen LogP contribution in [0.15, 0.2) is 15.3 Å². The Hall–Kier alpha value is -1.24. The molecule has 7 heteroatoms. The zero-order valence-electron chi connectivity index (χ0n) is 12.9. The normalized spacial score (nSPS) is 19.5. The molecule has 1 atom stereocenters. The van der Waals surface area contributed by atoms with E-state index < -0.39 is 5.60 Å². The largest absolute Gasteiger partial charge is 0.444 e. The van der Waals surface area contributed by atoms with Crippen molar-refractivity contribution in [2.24, 2.45) is 0 Å². The van der Waals surface area contributed by atoms with Crippen LogP contribution in [0.1, 0.15) is 33.6 Å². The minimum absolute atomic E-state index is 0.109. The SMILES string of the molecule is CN(C(=O)OC(C)(C)C)[C@@H]1CCCN(c2nocc2Br)C1. The summed E-state index contributed by atoms with van der Waals surface area (Å²) in [5, 5.41) is 4.01. The fourth-order valence-corrected chi connectivity index (χ4v) is 2.78. The van der Waals surface area contributed by atoms with E-state index in [9.17, 15) is 4.79 Å². The van der Waals surface area contributed by atoms with Crippen molar-refractivity contribution in [1.82, 2.24) is 10.1 Å². The lowest BCUT2D eigenvalue weighted by Gasteiger charge is -2.38. The van der Waals surface area contributed by atoms with Gasteiger partial charge in [0.05, 0.1) is 6.04 Å². The van der Waals surface area contributed by atoms with Crippen LogP contribution in [0, 0.1) is 0 Å². The first kappa shape index (κ1) is 16.1. The average Bonchev–Trinajstić information content (AvgIpc) is 2.82. The monoisotopic (exact) mass is 359 g/mol. The first-order chi connectivity index (χ1) is 9.78. The van der Waals surface area contributed by atoms with Gasteiger partial charge in [0, 0.05) is 20.1 Å². The van der Waals surface area contributed by atoms with Crippen LogP contribution < -0.4 is 4.90 Å². The Morgan fingerprint density at radius 1 is 1.57 bits per heavy atom. The highest BCUT2D eigenvalue weighted by atomic mass is 79.9. The highest BCUT2D eigenvalue weighted by Crippen LogP contribution is 2.28. The third-order valence-electron chi connectivity index (χ3n) is 3.43. The molecule has 21 heavy (non-hydrogen) atoms. The molecule has 2 rings (SSSR count). The number of anilines is 1. The quantitative estimate of drug-likeness (QED) is 0.810. The Morgan fingerprint density at radius 2 is 2.29 bits per heavy atom. The Kier molecular flexibility index (Phi) is 4.81. The molecule has 1 aromatic rings. The van der Waals surface area contributed by atoms with E-state index in [1.54, 1.807) is 18.2 Å². The second-order valence-corrected chi connectivity index (χ2v) is 7.17. The molecule has 1 amide bonds. The van der Waals surface area contributed by atoms with Crippen LogP contribution in [-0.4, -0.2) is 47.9 Å². The minimum Gasteiger partial charge on any atom is -0.444 e. The van der Waals surface area contributed by atoms with Gasteiger partial charge in [-0.05, 0) is 49.5 Å². The summed E-state index contributed by atoms with van der Waals surface area (Å²) in [6, 6.07) is 0.109. The molecule has 0 spiro atoms. The van der Waals surface area contributed by atoms with E-state index in [0.717, 1.165) is 36.2 Å². The van der Waals surface area contributed by atoms with Crippen LogP contribution in [0.4, 0.5) is 10.6 Å². The van der Waals surface area contributed by atoms with Crippen molar-refractivity contribution in [2.75, 3.05) is 25.0 Å². The predicted molar refractivity (Wildman–Crippen MR) is 83.4 cm³/mol. The van der Waals surface area contributed by atoms with Crippen molar-refractivity contribution in [3.05, 3.63) is 10.7 Å². The number of carbonyl (C=O) groups is 1. The van der Waals surface area contributed by atoms with E-state index in [1.807, 2.05) is 20.8 Å². The molecule has 1 saturated heterocycles. The number of piperidine rings is 1. The maximum absolute atomic E-state index is 12.2. The van der Waals surface area contributed by atoms with Crippen LogP contribution >= 0.6 is 15.9 Å². The fraction of sp³-hybridized carbons (Fsp3) is 0.714. The topological polar surface area (TPSA) is 58.8 Å². The highest BCUT2D eigenvalue weighted by Gasteiger charge is 2.30. The molecule has 1 fully saturated rings. The summed E-state index contributed by atoms with van der Waals surface area (Å²) < 4.78 is 11.2. The number of aromatic nitrogens is 1. The smallest absolute Gasteiger partial charge is 0.410 e. The molecule has 1 aliphatic rings. The third kappa shape index (κ3) is 4.12. The Balaban J connectivity index is 2.00. The van der Waals surface area contributed by atoms with Gasteiger partial charge in [-0.25, -0.2) is 4.79 Å². The number of halogens is 1. The maximum atomic E-state index is 12.2. The molecular formula is C14H22BrN3O3. The van der Waals surface area contributed by atoms with E-state index in [-0.39, 0.29) is 12.1 Å². The molecule has 0 aromatic carbocycles. The number of ether oxygens (including phenoxy) is 1. The summed E-state index contributed by atoms with van der Waals surface area (Å²) in [4.78, 5) is 16.0. The Labute approximate surface area is 133 Å². The van der Waals surface area contributed by atoms with E-state index in [4.69, 9.17) is 9.26 Å². The Bertz CT molecular complexity index is 498. The van der Waals surface area contributed by atoms with Gasteiger partial charge in [-0.15, -0.1) is 0 Å². The standard InChI is InChI=1S/C14H22BrN3O3/c1-14(2,3)21-13(19)17(4)10-6-5-7-18(8-10)12-11(15)9-20-16-12/h9-10H,5-8H2,1-4H3/t10-/m1/s1. The van der Waals surface area contributed by atoms with E-state index >= 15 is 0 Å². The summed E-state index contributed by atoms with van der Waals surface area (Å²) in [5.74, 6) is 0.789. The summed E-state index contributed by atoms with van der Waals surface area (Å²) in [6.45, 7) is 7.25. The van der Waals surface area contributed by atoms with Gasteiger partial charge in [-0.1, -0.05) is 5.16 Å². The van der Waals surface area contributed by atoms with Gasteiger partial charge >= 0.3 is 6.09 Å². The summed E-state index contributed by atoms with van der Waals surface area (Å²) >= 11 is 3.42. The van der Waals surface area contributed by atoms with Crippen LogP contribution in [0.3, 0.4) is 0 Å². The van der Waals surface area contributed by atoms with Crippen molar-refractivity contribution in [1.29, 1.82) is 0 Å². The van der Waals surface area contributed by atoms with Gasteiger partial charge < -0.3 is 19.1 Å². The molecule has 0 N–H and O–H groups in total. The second-order valence-electron chi connectivity index (χ2n) is 6.32. The minimum atomic E-state index is -0.477. The van der Waals surface area contributed by atoms with Crippen molar-refractivity contribution >= 4 is 27.8 Å². The van der Waals surface area contributed by atoms with Gasteiger partial charge in [0.25, 0.3) is 0 Å². The van der Waals surface area contributed by atoms with Gasteiger partial charge in [-0.3, -0.25) is 0 Å². The first-order valence-electron chi connectivity index (χ1n) is 7.08. The predicted octanol–water partition coefficient (Wildman–Crippen LogP) is 3.27. The average molecular weight is 360 g/mol. The number of likely N-dealkylation sites (N-methyl/N-ethyl adjacent to an activating group) is 1. The zero-order chi connectivity index (χ0) is 15.6. The molecule has 0 aliphatic carbocycles. The van der Waals surface area contributed by atoms with E-state index in [2.05, 4.69) is 26.0 Å². The van der Waals surface area contributed by atoms with Crippen LogP contribution in [-0.2, 0) is 4.74 Å². The number of carbonyl (C=O) groups excluding carboxylic acids is 1. The third-order valence-corrected chi connectivity index (χ3v) is 3.98. The Morgan fingerprint density at radius 3 is 2.86 bits per heavy atom. The van der Waals surface area contributed by atoms with E-state index in [0.29, 0.717) is 0 Å². The van der Waals surface area contributed by atoms with Gasteiger partial charge in [-0.2, -0.15) is 0 Å². The number of nitrogens with zero attached hydrogens (tertiary/aromatic N) is 3. The lowest BCUT2D eigenvalue weighted by Crippen LogP contribution is -2.50. The molecule has 0 bridgehead atoms. The summed E-state index contributed by atoms with van der Waals surface area (Å²) in [5.41, 5.74) is -0.477. The molecule has 0 saturated carbocycles. The lowest BCUT2D eigenvalue weighted by atomic mass is 10.0. The van der Waals surface area contributed by atoms with Crippen molar-refractivity contribution < 1.29 is 14.1 Å². The van der Waals surface area contributed by atoms with Crippen molar-refractivity contribution in [3.8, 4) is 0 Å². The first-order valence-corrected chi connectivity index (χ1v) is 7.88. The molecule has 2 heterocycles. The molecule has 1 aliphatic heterocycles. The van der Waals surface area contributed by atoms with Crippen LogP contribution in [0.2, 0.25) is 0 Å². The number of hydrogen-bond acceptors (Lipinski definition) is 5. The molecule has 6 nitrogen and oxygen atoms in total. The van der Waals surface area contributed by atoms with Gasteiger partial charge in [0.15, 0.2) is 5.82 Å². The van der Waals surface area contributed by atoms with Crippen LogP contribution in [0.5, 0.6) is 0 Å². The van der Waals surface area contributed by atoms with Gasteiger partial charge in [0.1, 0.15) is 16.3 Å². The summed E-state index contributed by atoms with van der Waals surface area (Å²) in [7, 11) is 1.79. The number of hydrogen-bond donors (Lipinski definition) is 0. The lowest BCUT2D eigenvalue weighted by molar-refractivity contribution is 0.0209. The van der Waals surface area contributed by atoms with Gasteiger partial charge in [0.2, 0.25) is 0 Å². The van der Waals surface area contributed by atoms with Crippen LogP contribution in [0.25, 0.3) is 0 Å². The van der Waals surface area contributed by atoms with E-state index in [1.165, 1.54) is 0 Å². The molecule has 0 unspecified atom stereocenters.